The zero-order valence-corrected chi connectivity index (χ0v) is 15.7. The second kappa shape index (κ2) is 6.51. The molecule has 1 N–H and O–H groups in total. The largest absolute Gasteiger partial charge is 0.340 e. The van der Waals surface area contributed by atoms with Crippen molar-refractivity contribution < 1.29 is 17.8 Å². The SMILES string of the molecule is CN1CCCc2c(n(Cc3ccccc3)c3ccc(S(=O)(=O)O)cc23)C1=O. The summed E-state index contributed by atoms with van der Waals surface area (Å²) < 4.78 is 34.6. The second-order valence-electron chi connectivity index (χ2n) is 6.88. The number of rotatable bonds is 3. The van der Waals surface area contributed by atoms with Gasteiger partial charge in [-0.15, -0.1) is 0 Å². The molecule has 1 aromatic heterocycles. The van der Waals surface area contributed by atoms with E-state index in [2.05, 4.69) is 0 Å². The topological polar surface area (TPSA) is 79.6 Å². The molecule has 6 nitrogen and oxygen atoms in total. The molecule has 27 heavy (non-hydrogen) atoms. The molecule has 0 fully saturated rings. The Morgan fingerprint density at radius 2 is 1.85 bits per heavy atom. The summed E-state index contributed by atoms with van der Waals surface area (Å²) in [5.74, 6) is -0.0666. The van der Waals surface area contributed by atoms with Crippen molar-refractivity contribution in [3.8, 4) is 0 Å². The van der Waals surface area contributed by atoms with E-state index in [1.54, 1.807) is 18.0 Å². The summed E-state index contributed by atoms with van der Waals surface area (Å²) in [6, 6.07) is 14.4. The Balaban J connectivity index is 2.00. The Bertz CT molecular complexity index is 1130. The standard InChI is InChI=1S/C20H20N2O4S/c1-21-11-5-8-16-17-12-15(27(24,25)26)9-10-18(17)22(19(16)20(21)23)13-14-6-3-2-4-7-14/h2-4,6-7,9-10,12H,5,8,11,13H2,1H3,(H,24,25,26). The summed E-state index contributed by atoms with van der Waals surface area (Å²) in [7, 11) is -2.53. The van der Waals surface area contributed by atoms with Gasteiger partial charge in [0.1, 0.15) is 5.69 Å². The van der Waals surface area contributed by atoms with E-state index in [4.69, 9.17) is 0 Å². The number of carbonyl (C=O) groups excluding carboxylic acids is 1. The zero-order valence-electron chi connectivity index (χ0n) is 14.9. The van der Waals surface area contributed by atoms with Crippen molar-refractivity contribution in [2.75, 3.05) is 13.6 Å². The minimum Gasteiger partial charge on any atom is -0.340 e. The maximum absolute atomic E-state index is 13.0. The van der Waals surface area contributed by atoms with Crippen LogP contribution in [0.5, 0.6) is 0 Å². The maximum atomic E-state index is 13.0. The monoisotopic (exact) mass is 384 g/mol. The van der Waals surface area contributed by atoms with E-state index >= 15 is 0 Å². The third-order valence-electron chi connectivity index (χ3n) is 5.09. The van der Waals surface area contributed by atoms with Crippen LogP contribution in [0.2, 0.25) is 0 Å². The third-order valence-corrected chi connectivity index (χ3v) is 5.94. The van der Waals surface area contributed by atoms with E-state index in [0.717, 1.165) is 23.1 Å². The summed E-state index contributed by atoms with van der Waals surface area (Å²) in [6.07, 6.45) is 1.48. The summed E-state index contributed by atoms with van der Waals surface area (Å²) in [4.78, 5) is 14.6. The third kappa shape index (κ3) is 3.13. The predicted octanol–water partition coefficient (Wildman–Crippen LogP) is 2.95. The first-order valence-corrected chi connectivity index (χ1v) is 10.2. The maximum Gasteiger partial charge on any atom is 0.294 e. The summed E-state index contributed by atoms with van der Waals surface area (Å²) in [6.45, 7) is 1.16. The van der Waals surface area contributed by atoms with Crippen LogP contribution in [0.25, 0.3) is 10.9 Å². The van der Waals surface area contributed by atoms with Crippen molar-refractivity contribution in [1.29, 1.82) is 0 Å². The molecule has 4 rings (SSSR count). The lowest BCUT2D eigenvalue weighted by atomic mass is 10.1. The van der Waals surface area contributed by atoms with E-state index in [0.29, 0.717) is 30.6 Å². The molecule has 0 spiro atoms. The first-order valence-electron chi connectivity index (χ1n) is 8.78. The molecule has 0 unspecified atom stereocenters. The van der Waals surface area contributed by atoms with Crippen LogP contribution in [-0.2, 0) is 23.1 Å². The fourth-order valence-corrected chi connectivity index (χ4v) is 4.27. The number of carbonyl (C=O) groups is 1. The fourth-order valence-electron chi connectivity index (χ4n) is 3.77. The average Bonchev–Trinajstić information content (AvgIpc) is 2.85. The van der Waals surface area contributed by atoms with Gasteiger partial charge in [0.05, 0.1) is 4.90 Å². The van der Waals surface area contributed by atoms with Gasteiger partial charge in [0.2, 0.25) is 0 Å². The molecule has 7 heteroatoms. The van der Waals surface area contributed by atoms with Crippen molar-refractivity contribution in [3.63, 3.8) is 0 Å². The number of fused-ring (bicyclic) bond motifs is 3. The van der Waals surface area contributed by atoms with Gasteiger partial charge in [0.15, 0.2) is 0 Å². The smallest absolute Gasteiger partial charge is 0.294 e. The van der Waals surface area contributed by atoms with Gasteiger partial charge in [-0.2, -0.15) is 8.42 Å². The van der Waals surface area contributed by atoms with Gasteiger partial charge in [-0.1, -0.05) is 30.3 Å². The quantitative estimate of drug-likeness (QED) is 0.704. The summed E-state index contributed by atoms with van der Waals surface area (Å²) in [5, 5.41) is 0.708. The Kier molecular flexibility index (Phi) is 4.28. The van der Waals surface area contributed by atoms with Gasteiger partial charge >= 0.3 is 0 Å². The van der Waals surface area contributed by atoms with Gasteiger partial charge in [0.25, 0.3) is 16.0 Å². The normalized spacial score (nSPS) is 15.0. The molecule has 0 saturated carbocycles. The lowest BCUT2D eigenvalue weighted by Crippen LogP contribution is -2.28. The minimum atomic E-state index is -4.31. The number of aromatic nitrogens is 1. The molecule has 0 radical (unpaired) electrons. The molecule has 2 aromatic carbocycles. The highest BCUT2D eigenvalue weighted by Gasteiger charge is 2.28. The molecule has 0 saturated heterocycles. The van der Waals surface area contributed by atoms with Crippen molar-refractivity contribution in [2.45, 2.75) is 24.3 Å². The van der Waals surface area contributed by atoms with Gasteiger partial charge < -0.3 is 9.47 Å². The van der Waals surface area contributed by atoms with Gasteiger partial charge in [-0.05, 0) is 42.2 Å². The molecule has 0 bridgehead atoms. The lowest BCUT2D eigenvalue weighted by molar-refractivity contribution is 0.0790. The van der Waals surface area contributed by atoms with Crippen molar-refractivity contribution in [2.24, 2.45) is 0 Å². The van der Waals surface area contributed by atoms with E-state index in [1.165, 1.54) is 12.1 Å². The van der Waals surface area contributed by atoms with Crippen LogP contribution < -0.4 is 0 Å². The first kappa shape index (κ1) is 17.8. The average molecular weight is 384 g/mol. The number of hydrogen-bond donors (Lipinski definition) is 1. The Morgan fingerprint density at radius 1 is 1.11 bits per heavy atom. The van der Waals surface area contributed by atoms with Crippen LogP contribution in [0.1, 0.15) is 28.0 Å². The molecular formula is C20H20N2O4S. The number of nitrogens with zero attached hydrogens (tertiary/aromatic N) is 2. The zero-order chi connectivity index (χ0) is 19.2. The van der Waals surface area contributed by atoms with Crippen molar-refractivity contribution >= 4 is 26.9 Å². The molecule has 1 aliphatic heterocycles. The van der Waals surface area contributed by atoms with Crippen LogP contribution >= 0.6 is 0 Å². The molecule has 3 aromatic rings. The Labute approximate surface area is 157 Å². The molecule has 1 aliphatic rings. The van der Waals surface area contributed by atoms with Gasteiger partial charge in [0, 0.05) is 31.0 Å². The Morgan fingerprint density at radius 3 is 2.56 bits per heavy atom. The van der Waals surface area contributed by atoms with Gasteiger partial charge in [-0.25, -0.2) is 0 Å². The lowest BCUT2D eigenvalue weighted by Gasteiger charge is -2.17. The van der Waals surface area contributed by atoms with Crippen molar-refractivity contribution in [3.05, 3.63) is 65.4 Å². The highest BCUT2D eigenvalue weighted by atomic mass is 32.2. The second-order valence-corrected chi connectivity index (χ2v) is 8.30. The summed E-state index contributed by atoms with van der Waals surface area (Å²) >= 11 is 0. The molecule has 1 amide bonds. The number of hydrogen-bond acceptors (Lipinski definition) is 3. The van der Waals surface area contributed by atoms with E-state index in [-0.39, 0.29) is 10.8 Å². The molecule has 0 atom stereocenters. The van der Waals surface area contributed by atoms with E-state index in [1.807, 2.05) is 34.9 Å². The van der Waals surface area contributed by atoms with Crippen LogP contribution in [0.4, 0.5) is 0 Å². The molecular weight excluding hydrogens is 364 g/mol. The van der Waals surface area contributed by atoms with Gasteiger partial charge in [-0.3, -0.25) is 9.35 Å². The summed E-state index contributed by atoms with van der Waals surface area (Å²) in [5.41, 5.74) is 3.29. The number of amides is 1. The number of benzene rings is 2. The first-order chi connectivity index (χ1) is 12.9. The van der Waals surface area contributed by atoms with Crippen LogP contribution in [0, 0.1) is 0 Å². The van der Waals surface area contributed by atoms with Crippen molar-refractivity contribution in [1.82, 2.24) is 9.47 Å². The fraction of sp³-hybridized carbons (Fsp3) is 0.250. The molecule has 140 valence electrons. The highest BCUT2D eigenvalue weighted by molar-refractivity contribution is 7.85. The minimum absolute atomic E-state index is 0.0666. The van der Waals surface area contributed by atoms with E-state index in [9.17, 15) is 17.8 Å². The molecule has 0 aliphatic carbocycles. The predicted molar refractivity (Wildman–Crippen MR) is 103 cm³/mol. The van der Waals surface area contributed by atoms with E-state index < -0.39 is 10.1 Å². The van der Waals surface area contributed by atoms with Crippen LogP contribution in [-0.4, -0.2) is 41.9 Å². The number of aryl methyl sites for hydroxylation is 1. The molecule has 2 heterocycles. The Hall–Kier alpha value is -2.64. The van der Waals surface area contributed by atoms with Crippen LogP contribution in [0.3, 0.4) is 0 Å². The van der Waals surface area contributed by atoms with Crippen LogP contribution in [0.15, 0.2) is 53.4 Å². The highest BCUT2D eigenvalue weighted by Crippen LogP contribution is 2.32.